The molecule has 0 aromatic carbocycles. The molecular weight excluding hydrogens is 266 g/mol. The summed E-state index contributed by atoms with van der Waals surface area (Å²) in [7, 11) is -3.57. The Morgan fingerprint density at radius 2 is 1.79 bits per heavy atom. The number of ether oxygens (including phenoxy) is 1. The SMILES string of the molecule is CCCC(N)C(CC)S(=O)(=O)CC(=O)OC(C)(C)C. The molecule has 0 amide bonds. The van der Waals surface area contributed by atoms with Crippen molar-refractivity contribution < 1.29 is 17.9 Å². The van der Waals surface area contributed by atoms with Gasteiger partial charge >= 0.3 is 5.97 Å². The van der Waals surface area contributed by atoms with E-state index in [9.17, 15) is 13.2 Å². The van der Waals surface area contributed by atoms with Crippen molar-refractivity contribution in [3.05, 3.63) is 0 Å². The summed E-state index contributed by atoms with van der Waals surface area (Å²) in [5, 5.41) is -0.681. The minimum absolute atomic E-state index is 0.409. The van der Waals surface area contributed by atoms with Gasteiger partial charge in [0.05, 0.1) is 5.25 Å². The Morgan fingerprint density at radius 1 is 1.26 bits per heavy atom. The van der Waals surface area contributed by atoms with Crippen molar-refractivity contribution in [1.29, 1.82) is 0 Å². The van der Waals surface area contributed by atoms with Gasteiger partial charge in [-0.1, -0.05) is 20.3 Å². The highest BCUT2D eigenvalue weighted by atomic mass is 32.2. The van der Waals surface area contributed by atoms with Gasteiger partial charge in [0.2, 0.25) is 0 Å². The molecule has 0 radical (unpaired) electrons. The Bertz CT molecular complexity index is 384. The number of esters is 1. The molecule has 0 bridgehead atoms. The van der Waals surface area contributed by atoms with Crippen molar-refractivity contribution in [3.63, 3.8) is 0 Å². The van der Waals surface area contributed by atoms with E-state index in [1.165, 1.54) is 0 Å². The summed E-state index contributed by atoms with van der Waals surface area (Å²) in [6.07, 6.45) is 1.86. The van der Waals surface area contributed by atoms with E-state index in [1.54, 1.807) is 27.7 Å². The lowest BCUT2D eigenvalue weighted by atomic mass is 10.1. The lowest BCUT2D eigenvalue weighted by molar-refractivity contribution is -0.151. The van der Waals surface area contributed by atoms with E-state index in [-0.39, 0.29) is 0 Å². The zero-order valence-electron chi connectivity index (χ0n) is 12.6. The minimum atomic E-state index is -3.57. The number of sulfone groups is 1. The van der Waals surface area contributed by atoms with Crippen molar-refractivity contribution in [2.75, 3.05) is 5.75 Å². The lowest BCUT2D eigenvalue weighted by Crippen LogP contribution is -2.43. The van der Waals surface area contributed by atoms with Gasteiger partial charge in [-0.3, -0.25) is 4.79 Å². The predicted molar refractivity (Wildman–Crippen MR) is 76.6 cm³/mol. The van der Waals surface area contributed by atoms with Gasteiger partial charge in [0, 0.05) is 6.04 Å². The summed E-state index contributed by atoms with van der Waals surface area (Å²) in [5.41, 5.74) is 5.22. The van der Waals surface area contributed by atoms with E-state index >= 15 is 0 Å². The summed E-state index contributed by atoms with van der Waals surface area (Å²) in [5.74, 6) is -1.31. The van der Waals surface area contributed by atoms with Crippen LogP contribution in [0.4, 0.5) is 0 Å². The van der Waals surface area contributed by atoms with Crippen molar-refractivity contribution in [3.8, 4) is 0 Å². The Morgan fingerprint density at radius 3 is 2.16 bits per heavy atom. The van der Waals surface area contributed by atoms with Gasteiger partial charge in [-0.15, -0.1) is 0 Å². The van der Waals surface area contributed by atoms with Crippen LogP contribution in [0.3, 0.4) is 0 Å². The summed E-state index contributed by atoms with van der Waals surface area (Å²) in [4.78, 5) is 11.6. The first-order valence-corrected chi connectivity index (χ1v) is 8.44. The molecule has 2 N–H and O–H groups in total. The summed E-state index contributed by atoms with van der Waals surface area (Å²) >= 11 is 0. The lowest BCUT2D eigenvalue weighted by Gasteiger charge is -2.24. The smallest absolute Gasteiger partial charge is 0.321 e. The third kappa shape index (κ3) is 6.92. The van der Waals surface area contributed by atoms with Crippen molar-refractivity contribution >= 4 is 15.8 Å². The van der Waals surface area contributed by atoms with Gasteiger partial charge in [-0.05, 0) is 33.6 Å². The normalized spacial score (nSPS) is 15.9. The maximum absolute atomic E-state index is 12.2. The second kappa shape index (κ2) is 7.24. The van der Waals surface area contributed by atoms with E-state index < -0.39 is 38.5 Å². The van der Waals surface area contributed by atoms with Crippen LogP contribution in [0.15, 0.2) is 0 Å². The van der Waals surface area contributed by atoms with E-state index in [0.717, 1.165) is 6.42 Å². The number of nitrogens with two attached hydrogens (primary N) is 1. The highest BCUT2D eigenvalue weighted by molar-refractivity contribution is 7.92. The largest absolute Gasteiger partial charge is 0.459 e. The molecular formula is C13H27NO4S. The minimum Gasteiger partial charge on any atom is -0.459 e. The van der Waals surface area contributed by atoms with E-state index in [4.69, 9.17) is 10.5 Å². The van der Waals surface area contributed by atoms with E-state index in [1.807, 2.05) is 6.92 Å². The molecule has 2 atom stereocenters. The molecule has 0 aliphatic rings. The Labute approximate surface area is 116 Å². The maximum atomic E-state index is 12.2. The fourth-order valence-electron chi connectivity index (χ4n) is 1.98. The molecule has 0 aliphatic heterocycles. The second-order valence-electron chi connectivity index (χ2n) is 5.79. The molecule has 0 spiro atoms. The molecule has 0 aromatic heterocycles. The molecule has 114 valence electrons. The topological polar surface area (TPSA) is 86.5 Å². The van der Waals surface area contributed by atoms with Crippen LogP contribution < -0.4 is 5.73 Å². The number of carbonyl (C=O) groups excluding carboxylic acids is 1. The van der Waals surface area contributed by atoms with Crippen LogP contribution >= 0.6 is 0 Å². The van der Waals surface area contributed by atoms with Gasteiger partial charge in [0.1, 0.15) is 11.4 Å². The maximum Gasteiger partial charge on any atom is 0.321 e. The molecule has 0 fully saturated rings. The quantitative estimate of drug-likeness (QED) is 0.721. The van der Waals surface area contributed by atoms with Crippen LogP contribution in [-0.2, 0) is 19.4 Å². The van der Waals surface area contributed by atoms with Crippen LogP contribution in [0, 0.1) is 0 Å². The van der Waals surface area contributed by atoms with Crippen LogP contribution in [0.2, 0.25) is 0 Å². The van der Waals surface area contributed by atoms with Gasteiger partial charge in [0.25, 0.3) is 0 Å². The third-order valence-corrected chi connectivity index (χ3v) is 4.95. The molecule has 6 heteroatoms. The van der Waals surface area contributed by atoms with E-state index in [2.05, 4.69) is 0 Å². The number of hydrogen-bond acceptors (Lipinski definition) is 5. The Kier molecular flexibility index (Phi) is 7.00. The van der Waals surface area contributed by atoms with Crippen molar-refractivity contribution in [1.82, 2.24) is 0 Å². The van der Waals surface area contributed by atoms with Crippen LogP contribution in [0.1, 0.15) is 53.9 Å². The first kappa shape index (κ1) is 18.4. The fourth-order valence-corrected chi connectivity index (χ4v) is 3.76. The Hall–Kier alpha value is -0.620. The monoisotopic (exact) mass is 293 g/mol. The molecule has 5 nitrogen and oxygen atoms in total. The predicted octanol–water partition coefficient (Wildman–Crippen LogP) is 1.65. The Balaban J connectivity index is 4.81. The molecule has 0 heterocycles. The first-order chi connectivity index (χ1) is 8.53. The molecule has 0 saturated carbocycles. The van der Waals surface area contributed by atoms with Crippen LogP contribution in [0.25, 0.3) is 0 Å². The van der Waals surface area contributed by atoms with E-state index in [0.29, 0.717) is 12.8 Å². The fraction of sp³-hybridized carbons (Fsp3) is 0.923. The van der Waals surface area contributed by atoms with Crippen LogP contribution in [0.5, 0.6) is 0 Å². The van der Waals surface area contributed by atoms with Gasteiger partial charge in [-0.2, -0.15) is 0 Å². The summed E-state index contributed by atoms with van der Waals surface area (Å²) in [6, 6.07) is -0.428. The zero-order chi connectivity index (χ0) is 15.3. The first-order valence-electron chi connectivity index (χ1n) is 6.72. The number of hydrogen-bond donors (Lipinski definition) is 1. The standard InChI is InChI=1S/C13H27NO4S/c1-6-8-10(14)11(7-2)19(16,17)9-12(15)18-13(3,4)5/h10-11H,6-9,14H2,1-5H3. The molecule has 0 saturated heterocycles. The highest BCUT2D eigenvalue weighted by Crippen LogP contribution is 2.16. The zero-order valence-corrected chi connectivity index (χ0v) is 13.4. The molecule has 0 aromatic rings. The number of rotatable bonds is 7. The number of carbonyl (C=O) groups is 1. The van der Waals surface area contributed by atoms with Gasteiger partial charge in [0.15, 0.2) is 9.84 Å². The second-order valence-corrected chi connectivity index (χ2v) is 8.01. The molecule has 19 heavy (non-hydrogen) atoms. The molecule has 2 unspecified atom stereocenters. The third-order valence-electron chi connectivity index (χ3n) is 2.70. The molecule has 0 rings (SSSR count). The summed E-state index contributed by atoms with van der Waals surface area (Å²) < 4.78 is 29.4. The average Bonchev–Trinajstić information content (AvgIpc) is 2.13. The van der Waals surface area contributed by atoms with Gasteiger partial charge < -0.3 is 10.5 Å². The van der Waals surface area contributed by atoms with Crippen LogP contribution in [-0.4, -0.2) is 37.0 Å². The summed E-state index contributed by atoms with van der Waals surface area (Å²) in [6.45, 7) is 8.84. The van der Waals surface area contributed by atoms with Crippen molar-refractivity contribution in [2.45, 2.75) is 70.8 Å². The highest BCUT2D eigenvalue weighted by Gasteiger charge is 2.32. The molecule has 0 aliphatic carbocycles. The average molecular weight is 293 g/mol. The van der Waals surface area contributed by atoms with Crippen molar-refractivity contribution in [2.24, 2.45) is 5.73 Å². The van der Waals surface area contributed by atoms with Gasteiger partial charge in [-0.25, -0.2) is 8.42 Å².